The van der Waals surface area contributed by atoms with Crippen molar-refractivity contribution in [2.75, 3.05) is 14.2 Å². The molecule has 0 aliphatic rings. The van der Waals surface area contributed by atoms with E-state index < -0.39 is 8.56 Å². The number of hydrogen-bond donors (Lipinski definition) is 0. The van der Waals surface area contributed by atoms with Gasteiger partial charge in [-0.1, -0.05) is 104 Å². The molecule has 0 aliphatic heterocycles. The second-order valence-electron chi connectivity index (χ2n) is 7.06. The quantitative estimate of drug-likeness (QED) is 0.193. The van der Waals surface area contributed by atoms with Crippen LogP contribution in [0.2, 0.25) is 12.1 Å². The Labute approximate surface area is 148 Å². The molecule has 0 atom stereocenters. The van der Waals surface area contributed by atoms with E-state index in [2.05, 4.69) is 13.8 Å². The molecule has 0 rings (SSSR count). The first-order chi connectivity index (χ1) is 11.2. The molecule has 23 heavy (non-hydrogen) atoms. The largest absolute Gasteiger partial charge is 0.398 e. The molecule has 0 aliphatic carbocycles. The highest BCUT2D eigenvalue weighted by Crippen LogP contribution is 2.24. The molecule has 0 unspecified atom stereocenters. The Morgan fingerprint density at radius 3 is 1.17 bits per heavy atom. The maximum atomic E-state index is 5.84. The van der Waals surface area contributed by atoms with Crippen LogP contribution in [0.5, 0.6) is 0 Å². The van der Waals surface area contributed by atoms with E-state index in [0.29, 0.717) is 0 Å². The van der Waals surface area contributed by atoms with E-state index in [4.69, 9.17) is 8.85 Å². The highest BCUT2D eigenvalue weighted by molar-refractivity contribution is 6.67. The van der Waals surface area contributed by atoms with Gasteiger partial charge in [0.1, 0.15) is 0 Å². The molecular formula is C20H44O2Si. The number of unbranched alkanes of at least 4 members (excludes halogenated alkanes) is 12. The van der Waals surface area contributed by atoms with Crippen molar-refractivity contribution in [1.29, 1.82) is 0 Å². The average molecular weight is 345 g/mol. The molecule has 0 heterocycles. The molecule has 0 spiro atoms. The molecule has 3 heteroatoms. The van der Waals surface area contributed by atoms with E-state index in [1.165, 1.54) is 102 Å². The van der Waals surface area contributed by atoms with Crippen molar-refractivity contribution in [3.05, 3.63) is 0 Å². The highest BCUT2D eigenvalue weighted by atomic mass is 28.4. The fraction of sp³-hybridized carbons (Fsp3) is 1.00. The summed E-state index contributed by atoms with van der Waals surface area (Å²) in [6.45, 7) is 4.54. The summed E-state index contributed by atoms with van der Waals surface area (Å²) in [7, 11) is 1.85. The van der Waals surface area contributed by atoms with E-state index in [-0.39, 0.29) is 0 Å². The molecule has 0 amide bonds. The first-order valence-corrected chi connectivity index (χ1v) is 12.6. The van der Waals surface area contributed by atoms with Gasteiger partial charge in [0.15, 0.2) is 0 Å². The Bertz CT molecular complexity index is 230. The van der Waals surface area contributed by atoms with E-state index in [0.717, 1.165) is 0 Å². The summed E-state index contributed by atoms with van der Waals surface area (Å²) in [6.07, 6.45) is 19.3. The van der Waals surface area contributed by atoms with Crippen LogP contribution in [0.4, 0.5) is 0 Å². The van der Waals surface area contributed by atoms with E-state index in [1.807, 2.05) is 14.2 Å². The minimum Gasteiger partial charge on any atom is -0.398 e. The van der Waals surface area contributed by atoms with Crippen molar-refractivity contribution in [2.45, 2.75) is 116 Å². The van der Waals surface area contributed by atoms with Crippen LogP contribution in [-0.4, -0.2) is 22.8 Å². The second kappa shape index (κ2) is 17.0. The lowest BCUT2D eigenvalue weighted by atomic mass is 10.1. The third-order valence-corrected chi connectivity index (χ3v) is 8.79. The smallest absolute Gasteiger partial charge is 0.337 e. The number of rotatable bonds is 18. The SMILES string of the molecule is CCCCCCCCCCCCC[Si](CCCCC)(OC)OC. The predicted octanol–water partition coefficient (Wildman–Crippen LogP) is 7.22. The van der Waals surface area contributed by atoms with Gasteiger partial charge in [0.2, 0.25) is 0 Å². The van der Waals surface area contributed by atoms with Gasteiger partial charge in [-0.2, -0.15) is 0 Å². The predicted molar refractivity (Wildman–Crippen MR) is 105 cm³/mol. The van der Waals surface area contributed by atoms with Gasteiger partial charge in [-0.05, 0) is 12.1 Å². The molecule has 0 saturated carbocycles. The Balaban J connectivity index is 3.55. The van der Waals surface area contributed by atoms with Crippen LogP contribution in [0.1, 0.15) is 104 Å². The first-order valence-electron chi connectivity index (χ1n) is 10.3. The molecule has 0 aromatic heterocycles. The fourth-order valence-electron chi connectivity index (χ4n) is 3.32. The lowest BCUT2D eigenvalue weighted by Crippen LogP contribution is -2.39. The van der Waals surface area contributed by atoms with E-state index in [1.54, 1.807) is 0 Å². The van der Waals surface area contributed by atoms with Crippen molar-refractivity contribution in [3.8, 4) is 0 Å². The van der Waals surface area contributed by atoms with Gasteiger partial charge >= 0.3 is 8.56 Å². The summed E-state index contributed by atoms with van der Waals surface area (Å²) < 4.78 is 11.7. The van der Waals surface area contributed by atoms with Gasteiger partial charge in [0, 0.05) is 14.2 Å². The number of hydrogen-bond acceptors (Lipinski definition) is 2. The van der Waals surface area contributed by atoms with Crippen LogP contribution in [0.3, 0.4) is 0 Å². The Kier molecular flexibility index (Phi) is 17.1. The zero-order chi connectivity index (χ0) is 17.2. The third-order valence-electron chi connectivity index (χ3n) is 5.07. The van der Waals surface area contributed by atoms with Gasteiger partial charge in [-0.15, -0.1) is 0 Å². The zero-order valence-corrected chi connectivity index (χ0v) is 17.6. The van der Waals surface area contributed by atoms with Gasteiger partial charge in [-0.3, -0.25) is 0 Å². The highest BCUT2D eigenvalue weighted by Gasteiger charge is 2.33. The molecule has 140 valence electrons. The zero-order valence-electron chi connectivity index (χ0n) is 16.6. The molecule has 0 radical (unpaired) electrons. The minimum absolute atomic E-state index is 1.17. The van der Waals surface area contributed by atoms with Crippen LogP contribution in [0.15, 0.2) is 0 Å². The van der Waals surface area contributed by atoms with Crippen LogP contribution in [-0.2, 0) is 8.85 Å². The van der Waals surface area contributed by atoms with Crippen LogP contribution < -0.4 is 0 Å². The van der Waals surface area contributed by atoms with Crippen LogP contribution in [0, 0.1) is 0 Å². The summed E-state index contributed by atoms with van der Waals surface area (Å²) in [5.74, 6) is 0. The van der Waals surface area contributed by atoms with Crippen LogP contribution in [0.25, 0.3) is 0 Å². The van der Waals surface area contributed by atoms with Crippen LogP contribution >= 0.6 is 0 Å². The monoisotopic (exact) mass is 344 g/mol. The second-order valence-corrected chi connectivity index (χ2v) is 10.7. The third kappa shape index (κ3) is 13.1. The van der Waals surface area contributed by atoms with Crippen molar-refractivity contribution >= 4 is 8.56 Å². The lowest BCUT2D eigenvalue weighted by molar-refractivity contribution is 0.238. The Hall–Kier alpha value is 0.137. The first kappa shape index (κ1) is 23.1. The lowest BCUT2D eigenvalue weighted by Gasteiger charge is -2.27. The van der Waals surface area contributed by atoms with Gasteiger partial charge < -0.3 is 8.85 Å². The normalized spacial score (nSPS) is 12.0. The molecule has 0 saturated heterocycles. The average Bonchev–Trinajstić information content (AvgIpc) is 2.58. The van der Waals surface area contributed by atoms with E-state index >= 15 is 0 Å². The standard InChI is InChI=1S/C20H44O2Si/c1-5-7-9-10-11-12-13-14-15-16-18-20-23(21-3,22-4)19-17-8-6-2/h5-20H2,1-4H3. The molecule has 0 fully saturated rings. The summed E-state index contributed by atoms with van der Waals surface area (Å²) >= 11 is 0. The summed E-state index contributed by atoms with van der Waals surface area (Å²) in [5, 5.41) is 0. The topological polar surface area (TPSA) is 18.5 Å². The fourth-order valence-corrected chi connectivity index (χ4v) is 6.13. The maximum Gasteiger partial charge on any atom is 0.337 e. The Morgan fingerprint density at radius 2 is 0.783 bits per heavy atom. The molecule has 0 N–H and O–H groups in total. The summed E-state index contributed by atoms with van der Waals surface area (Å²) in [5.41, 5.74) is 0. The minimum atomic E-state index is -1.87. The Morgan fingerprint density at radius 1 is 0.478 bits per heavy atom. The van der Waals surface area contributed by atoms with Crippen molar-refractivity contribution in [3.63, 3.8) is 0 Å². The van der Waals surface area contributed by atoms with Gasteiger partial charge in [0.25, 0.3) is 0 Å². The van der Waals surface area contributed by atoms with Gasteiger partial charge in [0.05, 0.1) is 0 Å². The molecule has 0 aromatic rings. The molecule has 0 bridgehead atoms. The van der Waals surface area contributed by atoms with Gasteiger partial charge in [-0.25, -0.2) is 0 Å². The molecular weight excluding hydrogens is 300 g/mol. The maximum absolute atomic E-state index is 5.84. The van der Waals surface area contributed by atoms with Crippen molar-refractivity contribution in [1.82, 2.24) is 0 Å². The summed E-state index contributed by atoms with van der Waals surface area (Å²) in [4.78, 5) is 0. The molecule has 2 nitrogen and oxygen atoms in total. The van der Waals surface area contributed by atoms with E-state index in [9.17, 15) is 0 Å². The van der Waals surface area contributed by atoms with Crippen molar-refractivity contribution < 1.29 is 8.85 Å². The van der Waals surface area contributed by atoms with Crippen molar-refractivity contribution in [2.24, 2.45) is 0 Å². The summed E-state index contributed by atoms with van der Waals surface area (Å²) in [6, 6.07) is 2.35. The molecule has 0 aromatic carbocycles.